The molecular formula is C18H22FN5O. The minimum atomic E-state index is -0.258. The molecule has 1 aliphatic heterocycles. The minimum Gasteiger partial charge on any atom is -0.365 e. The monoisotopic (exact) mass is 343 g/mol. The number of aromatic nitrogens is 2. The molecule has 1 saturated heterocycles. The molecule has 132 valence electrons. The van der Waals surface area contributed by atoms with Gasteiger partial charge in [0.15, 0.2) is 0 Å². The first-order chi connectivity index (χ1) is 12.2. The number of rotatable bonds is 5. The van der Waals surface area contributed by atoms with Crippen molar-refractivity contribution in [1.82, 2.24) is 19.8 Å². The summed E-state index contributed by atoms with van der Waals surface area (Å²) in [6.45, 7) is 6.88. The van der Waals surface area contributed by atoms with E-state index in [2.05, 4.69) is 27.1 Å². The second kappa shape index (κ2) is 8.02. The van der Waals surface area contributed by atoms with Crippen LogP contribution in [0.25, 0.3) is 0 Å². The molecule has 1 aromatic heterocycles. The Kier molecular flexibility index (Phi) is 5.55. The highest BCUT2D eigenvalue weighted by Crippen LogP contribution is 2.10. The third-order valence-corrected chi connectivity index (χ3v) is 4.36. The van der Waals surface area contributed by atoms with Gasteiger partial charge in [0.2, 0.25) is 0 Å². The highest BCUT2D eigenvalue weighted by molar-refractivity contribution is 5.92. The first-order valence-electron chi connectivity index (χ1n) is 8.47. The summed E-state index contributed by atoms with van der Waals surface area (Å²) in [5, 5.41) is 3.11. The standard InChI is InChI=1S/C18H22FN5O/c1-2-23-7-9-24(10-8-23)18(25)16-12-22-17(13-20-16)21-11-14-3-5-15(19)6-4-14/h3-6,12-13H,2,7-11H2,1H3,(H,21,22). The average molecular weight is 343 g/mol. The smallest absolute Gasteiger partial charge is 0.274 e. The van der Waals surface area contributed by atoms with Crippen molar-refractivity contribution in [1.29, 1.82) is 0 Å². The molecule has 0 atom stereocenters. The number of nitrogens with zero attached hydrogens (tertiary/aromatic N) is 4. The highest BCUT2D eigenvalue weighted by atomic mass is 19.1. The predicted octanol–water partition coefficient (Wildman–Crippen LogP) is 2.01. The highest BCUT2D eigenvalue weighted by Gasteiger charge is 2.22. The molecule has 6 nitrogen and oxygen atoms in total. The van der Waals surface area contributed by atoms with Crippen molar-refractivity contribution in [3.8, 4) is 0 Å². The largest absolute Gasteiger partial charge is 0.365 e. The van der Waals surface area contributed by atoms with E-state index in [9.17, 15) is 9.18 Å². The molecule has 25 heavy (non-hydrogen) atoms. The van der Waals surface area contributed by atoms with E-state index in [1.54, 1.807) is 18.3 Å². The lowest BCUT2D eigenvalue weighted by molar-refractivity contribution is 0.0637. The molecule has 2 heterocycles. The molecule has 1 aromatic carbocycles. The lowest BCUT2D eigenvalue weighted by atomic mass is 10.2. The van der Waals surface area contributed by atoms with Crippen LogP contribution in [-0.2, 0) is 6.54 Å². The first-order valence-corrected chi connectivity index (χ1v) is 8.47. The molecule has 1 amide bonds. The molecule has 3 rings (SSSR count). The Morgan fingerprint density at radius 3 is 2.44 bits per heavy atom. The van der Waals surface area contributed by atoms with E-state index in [4.69, 9.17) is 0 Å². The van der Waals surface area contributed by atoms with Crippen molar-refractivity contribution >= 4 is 11.7 Å². The predicted molar refractivity (Wildman–Crippen MR) is 93.8 cm³/mol. The number of carbonyl (C=O) groups excluding carboxylic acids is 1. The van der Waals surface area contributed by atoms with Crippen LogP contribution in [0.5, 0.6) is 0 Å². The van der Waals surface area contributed by atoms with Crippen molar-refractivity contribution in [3.05, 3.63) is 53.7 Å². The first kappa shape index (κ1) is 17.3. The topological polar surface area (TPSA) is 61.4 Å². The number of carbonyl (C=O) groups is 1. The van der Waals surface area contributed by atoms with Crippen LogP contribution in [0.3, 0.4) is 0 Å². The second-order valence-corrected chi connectivity index (χ2v) is 5.99. The number of piperazine rings is 1. The zero-order chi connectivity index (χ0) is 17.6. The van der Waals surface area contributed by atoms with Crippen molar-refractivity contribution < 1.29 is 9.18 Å². The van der Waals surface area contributed by atoms with Crippen LogP contribution in [-0.4, -0.2) is 58.4 Å². The maximum atomic E-state index is 12.9. The van der Waals surface area contributed by atoms with Gasteiger partial charge in [0, 0.05) is 32.7 Å². The maximum Gasteiger partial charge on any atom is 0.274 e. The summed E-state index contributed by atoms with van der Waals surface area (Å²) in [7, 11) is 0. The molecule has 0 aliphatic carbocycles. The van der Waals surface area contributed by atoms with Gasteiger partial charge in [-0.1, -0.05) is 19.1 Å². The Morgan fingerprint density at radius 2 is 1.84 bits per heavy atom. The second-order valence-electron chi connectivity index (χ2n) is 5.99. The lowest BCUT2D eigenvalue weighted by Gasteiger charge is -2.33. The van der Waals surface area contributed by atoms with Crippen LogP contribution in [0.1, 0.15) is 23.0 Å². The number of hydrogen-bond acceptors (Lipinski definition) is 5. The summed E-state index contributed by atoms with van der Waals surface area (Å²) in [5.41, 5.74) is 1.30. The molecule has 0 bridgehead atoms. The van der Waals surface area contributed by atoms with Gasteiger partial charge in [-0.15, -0.1) is 0 Å². The zero-order valence-electron chi connectivity index (χ0n) is 14.3. The van der Waals surface area contributed by atoms with Crippen molar-refractivity contribution in [2.75, 3.05) is 38.0 Å². The maximum absolute atomic E-state index is 12.9. The van der Waals surface area contributed by atoms with E-state index in [1.165, 1.54) is 18.3 Å². The molecule has 1 fully saturated rings. The van der Waals surface area contributed by atoms with Crippen LogP contribution in [0.4, 0.5) is 10.2 Å². The van der Waals surface area contributed by atoms with Crippen LogP contribution in [0.2, 0.25) is 0 Å². The van der Waals surface area contributed by atoms with Gasteiger partial charge >= 0.3 is 0 Å². The molecule has 0 unspecified atom stereocenters. The Morgan fingerprint density at radius 1 is 1.12 bits per heavy atom. The molecule has 0 radical (unpaired) electrons. The number of nitrogens with one attached hydrogen (secondary N) is 1. The molecule has 1 aliphatic rings. The fourth-order valence-electron chi connectivity index (χ4n) is 2.75. The van der Waals surface area contributed by atoms with Gasteiger partial charge in [-0.3, -0.25) is 4.79 Å². The summed E-state index contributed by atoms with van der Waals surface area (Å²) in [6.07, 6.45) is 3.06. The zero-order valence-corrected chi connectivity index (χ0v) is 14.3. The third-order valence-electron chi connectivity index (χ3n) is 4.36. The van der Waals surface area contributed by atoms with Gasteiger partial charge in [0.25, 0.3) is 5.91 Å². The van der Waals surface area contributed by atoms with Gasteiger partial charge in [-0.2, -0.15) is 0 Å². The normalized spacial score (nSPS) is 15.2. The van der Waals surface area contributed by atoms with E-state index in [-0.39, 0.29) is 11.7 Å². The van der Waals surface area contributed by atoms with Gasteiger partial charge in [-0.05, 0) is 24.2 Å². The number of anilines is 1. The van der Waals surface area contributed by atoms with Gasteiger partial charge in [0.1, 0.15) is 17.3 Å². The fraction of sp³-hybridized carbons (Fsp3) is 0.389. The minimum absolute atomic E-state index is 0.0756. The van der Waals surface area contributed by atoms with Gasteiger partial charge in [-0.25, -0.2) is 14.4 Å². The van der Waals surface area contributed by atoms with Crippen LogP contribution < -0.4 is 5.32 Å². The van der Waals surface area contributed by atoms with Crippen LogP contribution >= 0.6 is 0 Å². The Hall–Kier alpha value is -2.54. The van der Waals surface area contributed by atoms with E-state index >= 15 is 0 Å². The van der Waals surface area contributed by atoms with Crippen molar-refractivity contribution in [2.45, 2.75) is 13.5 Å². The quantitative estimate of drug-likeness (QED) is 0.900. The van der Waals surface area contributed by atoms with E-state index in [1.807, 2.05) is 4.90 Å². The average Bonchev–Trinajstić information content (AvgIpc) is 2.67. The summed E-state index contributed by atoms with van der Waals surface area (Å²) < 4.78 is 12.9. The van der Waals surface area contributed by atoms with Crippen LogP contribution in [0, 0.1) is 5.82 Å². The van der Waals surface area contributed by atoms with Crippen molar-refractivity contribution in [2.24, 2.45) is 0 Å². The number of hydrogen-bond donors (Lipinski definition) is 1. The summed E-state index contributed by atoms with van der Waals surface area (Å²) in [6, 6.07) is 6.26. The molecule has 2 aromatic rings. The number of halogens is 1. The molecule has 0 saturated carbocycles. The Labute approximate surface area is 146 Å². The van der Waals surface area contributed by atoms with E-state index in [0.717, 1.165) is 38.3 Å². The van der Waals surface area contributed by atoms with Gasteiger partial charge < -0.3 is 15.1 Å². The summed E-state index contributed by atoms with van der Waals surface area (Å²) in [5.74, 6) is 0.246. The SMILES string of the molecule is CCN1CCN(C(=O)c2cnc(NCc3ccc(F)cc3)cn2)CC1. The summed E-state index contributed by atoms with van der Waals surface area (Å²) >= 11 is 0. The van der Waals surface area contributed by atoms with Crippen LogP contribution in [0.15, 0.2) is 36.7 Å². The number of amides is 1. The molecule has 0 spiro atoms. The Bertz CT molecular complexity index is 696. The van der Waals surface area contributed by atoms with E-state index in [0.29, 0.717) is 18.1 Å². The number of likely N-dealkylation sites (N-methyl/N-ethyl adjacent to an activating group) is 1. The lowest BCUT2D eigenvalue weighted by Crippen LogP contribution is -2.48. The molecule has 1 N–H and O–H groups in total. The number of benzene rings is 1. The summed E-state index contributed by atoms with van der Waals surface area (Å²) in [4.78, 5) is 25.1. The molecular weight excluding hydrogens is 321 g/mol. The Balaban J connectivity index is 1.54. The van der Waals surface area contributed by atoms with Gasteiger partial charge in [0.05, 0.1) is 12.4 Å². The van der Waals surface area contributed by atoms with E-state index < -0.39 is 0 Å². The fourth-order valence-corrected chi connectivity index (χ4v) is 2.75. The third kappa shape index (κ3) is 4.51. The molecule has 7 heteroatoms. The van der Waals surface area contributed by atoms with Crippen molar-refractivity contribution in [3.63, 3.8) is 0 Å².